The number of rotatable bonds is 8. The van der Waals surface area contributed by atoms with Crippen LogP contribution in [0.2, 0.25) is 0 Å². The van der Waals surface area contributed by atoms with Gasteiger partial charge in [-0.25, -0.2) is 4.39 Å². The highest BCUT2D eigenvalue weighted by Gasteiger charge is 2.41. The van der Waals surface area contributed by atoms with Crippen molar-refractivity contribution in [2.75, 3.05) is 11.9 Å². The second-order valence-corrected chi connectivity index (χ2v) is 10.6. The van der Waals surface area contributed by atoms with E-state index in [0.717, 1.165) is 29.1 Å². The molecule has 6 nitrogen and oxygen atoms in total. The van der Waals surface area contributed by atoms with E-state index in [9.17, 15) is 9.18 Å². The van der Waals surface area contributed by atoms with Crippen LogP contribution in [0, 0.1) is 26.6 Å². The van der Waals surface area contributed by atoms with Crippen LogP contribution in [0.25, 0.3) is 5.69 Å². The van der Waals surface area contributed by atoms with E-state index in [-0.39, 0.29) is 30.1 Å². The third-order valence-electron chi connectivity index (χ3n) is 7.64. The van der Waals surface area contributed by atoms with E-state index in [4.69, 9.17) is 12.2 Å². The fraction of sp³-hybridized carbons (Fsp3) is 0.281. The summed E-state index contributed by atoms with van der Waals surface area (Å²) in [7, 11) is 0. The molecule has 0 spiro atoms. The zero-order valence-electron chi connectivity index (χ0n) is 23.2. The molecule has 1 aliphatic rings. The van der Waals surface area contributed by atoms with E-state index < -0.39 is 5.82 Å². The standard InChI is InChI=1S/C32H34FN5OS/c1-5-23-12-10-11-20(2)30(23)38-21(3)19-24(22(38)4)31-29(27-15-8-9-17-34-27)36-32(40)37(31)18-16-28(39)35-26-14-7-6-13-25(26)33/h6-15,17,19,29,31H,5,16,18H2,1-4H3,(H,35,39)(H,36,40)/t29-,31-/m0/s1. The van der Waals surface area contributed by atoms with Crippen molar-refractivity contribution in [2.45, 2.75) is 52.6 Å². The van der Waals surface area contributed by atoms with Crippen molar-refractivity contribution in [1.82, 2.24) is 19.8 Å². The fourth-order valence-electron chi connectivity index (χ4n) is 5.74. The minimum Gasteiger partial charge on any atom is -0.352 e. The van der Waals surface area contributed by atoms with E-state index in [2.05, 4.69) is 77.0 Å². The average Bonchev–Trinajstić information content (AvgIpc) is 3.43. The molecule has 0 radical (unpaired) electrons. The van der Waals surface area contributed by atoms with Crippen molar-refractivity contribution in [2.24, 2.45) is 0 Å². The topological polar surface area (TPSA) is 62.2 Å². The van der Waals surface area contributed by atoms with Gasteiger partial charge in [0.25, 0.3) is 0 Å². The summed E-state index contributed by atoms with van der Waals surface area (Å²) < 4.78 is 16.5. The first-order valence-corrected chi connectivity index (χ1v) is 14.0. The Labute approximate surface area is 240 Å². The Morgan fingerprint density at radius 3 is 2.58 bits per heavy atom. The molecule has 0 aliphatic carbocycles. The molecule has 8 heteroatoms. The van der Waals surface area contributed by atoms with Crippen molar-refractivity contribution in [1.29, 1.82) is 0 Å². The third-order valence-corrected chi connectivity index (χ3v) is 7.99. The molecule has 2 N–H and O–H groups in total. The summed E-state index contributed by atoms with van der Waals surface area (Å²) in [6, 6.07) is 20.3. The lowest BCUT2D eigenvalue weighted by atomic mass is 9.96. The van der Waals surface area contributed by atoms with Crippen molar-refractivity contribution >= 4 is 28.9 Å². The van der Waals surface area contributed by atoms with Crippen LogP contribution >= 0.6 is 12.2 Å². The number of benzene rings is 2. The number of carbonyl (C=O) groups is 1. The van der Waals surface area contributed by atoms with E-state index in [0.29, 0.717) is 11.7 Å². The normalized spacial score (nSPS) is 16.7. The summed E-state index contributed by atoms with van der Waals surface area (Å²) in [5.74, 6) is -0.733. The average molecular weight is 556 g/mol. The number of anilines is 1. The fourth-order valence-corrected chi connectivity index (χ4v) is 6.07. The Morgan fingerprint density at radius 2 is 1.85 bits per heavy atom. The van der Waals surface area contributed by atoms with Crippen LogP contribution in [0.1, 0.15) is 59.2 Å². The van der Waals surface area contributed by atoms with Crippen molar-refractivity contribution in [3.8, 4) is 5.69 Å². The van der Waals surface area contributed by atoms with Crippen molar-refractivity contribution in [3.05, 3.63) is 113 Å². The molecule has 5 rings (SSSR count). The van der Waals surface area contributed by atoms with E-state index in [1.807, 2.05) is 18.2 Å². The molecule has 1 aliphatic heterocycles. The molecule has 206 valence electrons. The van der Waals surface area contributed by atoms with Gasteiger partial charge in [-0.3, -0.25) is 9.78 Å². The van der Waals surface area contributed by atoms with Crippen molar-refractivity contribution in [3.63, 3.8) is 0 Å². The molecule has 4 aromatic rings. The monoisotopic (exact) mass is 555 g/mol. The van der Waals surface area contributed by atoms with Gasteiger partial charge in [0.2, 0.25) is 5.91 Å². The van der Waals surface area contributed by atoms with Crippen LogP contribution in [-0.4, -0.2) is 32.0 Å². The number of nitrogens with one attached hydrogen (secondary N) is 2. The number of carbonyl (C=O) groups excluding carboxylic acids is 1. The largest absolute Gasteiger partial charge is 0.352 e. The summed E-state index contributed by atoms with van der Waals surface area (Å²) >= 11 is 5.82. The summed E-state index contributed by atoms with van der Waals surface area (Å²) in [5.41, 5.74) is 8.15. The van der Waals surface area contributed by atoms with Crippen LogP contribution in [0.5, 0.6) is 0 Å². The first-order chi connectivity index (χ1) is 19.3. The lowest BCUT2D eigenvalue weighted by molar-refractivity contribution is -0.116. The highest BCUT2D eigenvalue weighted by molar-refractivity contribution is 7.80. The van der Waals surface area contributed by atoms with E-state index in [1.54, 1.807) is 24.4 Å². The van der Waals surface area contributed by atoms with Gasteiger partial charge in [0.15, 0.2) is 5.11 Å². The van der Waals surface area contributed by atoms with Crippen LogP contribution in [0.3, 0.4) is 0 Å². The molecule has 3 heterocycles. The Morgan fingerprint density at radius 1 is 1.07 bits per heavy atom. The maximum atomic E-state index is 14.1. The number of aromatic nitrogens is 2. The summed E-state index contributed by atoms with van der Waals surface area (Å²) in [4.78, 5) is 19.6. The van der Waals surface area contributed by atoms with Crippen LogP contribution in [0.4, 0.5) is 10.1 Å². The number of hydrogen-bond acceptors (Lipinski definition) is 3. The van der Waals surface area contributed by atoms with Gasteiger partial charge in [0.05, 0.1) is 29.2 Å². The first-order valence-electron chi connectivity index (χ1n) is 13.6. The Balaban J connectivity index is 1.51. The van der Waals surface area contributed by atoms with Crippen LogP contribution in [-0.2, 0) is 11.2 Å². The molecule has 2 atom stereocenters. The third kappa shape index (κ3) is 5.23. The number of thiocarbonyl (C=S) groups is 1. The van der Waals surface area contributed by atoms with Gasteiger partial charge in [0.1, 0.15) is 5.82 Å². The minimum atomic E-state index is -0.461. The van der Waals surface area contributed by atoms with Gasteiger partial charge in [-0.2, -0.15) is 0 Å². The lowest BCUT2D eigenvalue weighted by Gasteiger charge is -2.28. The number of pyridine rings is 1. The molecule has 1 fully saturated rings. The summed E-state index contributed by atoms with van der Waals surface area (Å²) in [6.07, 6.45) is 2.86. The zero-order chi connectivity index (χ0) is 28.4. The molecule has 0 unspecified atom stereocenters. The maximum Gasteiger partial charge on any atom is 0.226 e. The molecular weight excluding hydrogens is 521 g/mol. The smallest absolute Gasteiger partial charge is 0.226 e. The van der Waals surface area contributed by atoms with Crippen LogP contribution in [0.15, 0.2) is 72.9 Å². The molecule has 1 amide bonds. The Bertz CT molecular complexity index is 1550. The molecular formula is C32H34FN5OS. The number of para-hydroxylation sites is 2. The molecule has 2 aromatic carbocycles. The molecule has 0 bridgehead atoms. The van der Waals surface area contributed by atoms with Crippen molar-refractivity contribution < 1.29 is 9.18 Å². The zero-order valence-corrected chi connectivity index (χ0v) is 24.1. The van der Waals surface area contributed by atoms with Gasteiger partial charge >= 0.3 is 0 Å². The molecule has 40 heavy (non-hydrogen) atoms. The number of halogens is 1. The van der Waals surface area contributed by atoms with Gasteiger partial charge in [-0.1, -0.05) is 43.3 Å². The number of aryl methyl sites for hydroxylation is 3. The predicted molar refractivity (Wildman–Crippen MR) is 161 cm³/mol. The first kappa shape index (κ1) is 27.5. The number of nitrogens with zero attached hydrogens (tertiary/aromatic N) is 3. The highest BCUT2D eigenvalue weighted by atomic mass is 32.1. The van der Waals surface area contributed by atoms with Gasteiger partial charge in [-0.05, 0) is 86.4 Å². The second kappa shape index (κ2) is 11.6. The maximum absolute atomic E-state index is 14.1. The van der Waals surface area contributed by atoms with Gasteiger partial charge in [-0.15, -0.1) is 0 Å². The SMILES string of the molecule is CCc1cccc(C)c1-n1c(C)cc([C@H]2[C@H](c3ccccn3)NC(=S)N2CCC(=O)Nc2ccccc2F)c1C. The lowest BCUT2D eigenvalue weighted by Crippen LogP contribution is -2.33. The second-order valence-electron chi connectivity index (χ2n) is 10.2. The predicted octanol–water partition coefficient (Wildman–Crippen LogP) is 6.50. The number of amides is 1. The van der Waals surface area contributed by atoms with Crippen LogP contribution < -0.4 is 10.6 Å². The summed E-state index contributed by atoms with van der Waals surface area (Å²) in [6.45, 7) is 8.97. The highest BCUT2D eigenvalue weighted by Crippen LogP contribution is 2.42. The summed E-state index contributed by atoms with van der Waals surface area (Å²) in [5, 5.41) is 6.73. The Kier molecular flexibility index (Phi) is 7.98. The van der Waals surface area contributed by atoms with E-state index in [1.165, 1.54) is 22.9 Å². The molecule has 1 saturated heterocycles. The molecule has 2 aromatic heterocycles. The number of hydrogen-bond donors (Lipinski definition) is 2. The molecule has 0 saturated carbocycles. The Hall–Kier alpha value is -4.04. The quantitative estimate of drug-likeness (QED) is 0.243. The minimum absolute atomic E-state index is 0.151. The van der Waals surface area contributed by atoms with Gasteiger partial charge < -0.3 is 20.1 Å². The van der Waals surface area contributed by atoms with E-state index >= 15 is 0 Å². The van der Waals surface area contributed by atoms with Gasteiger partial charge in [0, 0.05) is 30.6 Å².